The molecule has 4 heterocycles. The Balaban J connectivity index is 1.78. The van der Waals surface area contributed by atoms with Gasteiger partial charge in [-0.3, -0.25) is 14.5 Å². The van der Waals surface area contributed by atoms with Gasteiger partial charge in [-0.1, -0.05) is 19.9 Å². The molecule has 3 aromatic rings. The Morgan fingerprint density at radius 2 is 1.89 bits per heavy atom. The van der Waals surface area contributed by atoms with Gasteiger partial charge in [0.25, 0.3) is 0 Å². The van der Waals surface area contributed by atoms with Gasteiger partial charge in [-0.15, -0.1) is 21.5 Å². The molecule has 0 atom stereocenters. The van der Waals surface area contributed by atoms with Gasteiger partial charge < -0.3 is 0 Å². The highest BCUT2D eigenvalue weighted by molar-refractivity contribution is 7.15. The minimum absolute atomic E-state index is 0.242. The van der Waals surface area contributed by atoms with Gasteiger partial charge >= 0.3 is 0 Å². The largest absolute Gasteiger partial charge is 0.271 e. The molecule has 1 saturated carbocycles. The third-order valence-corrected chi connectivity index (χ3v) is 6.99. The molecule has 0 aromatic carbocycles. The normalized spacial score (nSPS) is 16.9. The van der Waals surface area contributed by atoms with Crippen molar-refractivity contribution in [1.29, 1.82) is 0 Å². The highest BCUT2D eigenvalue weighted by Crippen LogP contribution is 2.52. The molecule has 0 saturated heterocycles. The number of thiophene rings is 1. The summed E-state index contributed by atoms with van der Waals surface area (Å²) in [6.45, 7) is 10.8. The van der Waals surface area contributed by atoms with Gasteiger partial charge in [0.05, 0.1) is 11.4 Å². The number of rotatable bonds is 2. The van der Waals surface area contributed by atoms with Crippen LogP contribution in [-0.4, -0.2) is 25.5 Å². The lowest BCUT2D eigenvalue weighted by Crippen LogP contribution is -2.12. The van der Waals surface area contributed by atoms with Crippen LogP contribution in [0.15, 0.2) is 23.3 Å². The van der Waals surface area contributed by atoms with Gasteiger partial charge in [0, 0.05) is 16.6 Å². The van der Waals surface area contributed by atoms with Crippen molar-refractivity contribution in [2.75, 3.05) is 0 Å². The molecule has 27 heavy (non-hydrogen) atoms. The summed E-state index contributed by atoms with van der Waals surface area (Å²) in [6, 6.07) is 4.30. The van der Waals surface area contributed by atoms with Crippen molar-refractivity contribution in [2.45, 2.75) is 58.9 Å². The maximum Gasteiger partial charge on any atom is 0.166 e. The van der Waals surface area contributed by atoms with Crippen molar-refractivity contribution < 1.29 is 0 Å². The van der Waals surface area contributed by atoms with Crippen molar-refractivity contribution in [2.24, 2.45) is 4.99 Å². The van der Waals surface area contributed by atoms with E-state index in [0.29, 0.717) is 5.92 Å². The Kier molecular flexibility index (Phi) is 3.47. The fourth-order valence-electron chi connectivity index (χ4n) is 3.80. The second-order valence-corrected chi connectivity index (χ2v) is 9.20. The Hall–Kier alpha value is -2.34. The maximum atomic E-state index is 5.27. The Morgan fingerprint density at radius 1 is 1.11 bits per heavy atom. The van der Waals surface area contributed by atoms with Gasteiger partial charge in [-0.2, -0.15) is 0 Å². The van der Waals surface area contributed by atoms with Crippen LogP contribution in [0.5, 0.6) is 0 Å². The first-order chi connectivity index (χ1) is 12.9. The number of pyridine rings is 1. The van der Waals surface area contributed by atoms with Crippen molar-refractivity contribution in [3.63, 3.8) is 0 Å². The summed E-state index contributed by atoms with van der Waals surface area (Å²) in [7, 11) is 0. The number of hydrogen-bond donors (Lipinski definition) is 0. The molecule has 1 aliphatic carbocycles. The Morgan fingerprint density at radius 3 is 2.52 bits per heavy atom. The number of nitrogens with zero attached hydrogens (tertiary/aromatic N) is 5. The summed E-state index contributed by atoms with van der Waals surface area (Å²) >= 11 is 1.80. The lowest BCUT2D eigenvalue weighted by atomic mass is 10.0. The van der Waals surface area contributed by atoms with E-state index in [1.165, 1.54) is 26.6 Å². The van der Waals surface area contributed by atoms with Crippen molar-refractivity contribution in [3.05, 3.63) is 57.2 Å². The van der Waals surface area contributed by atoms with Crippen LogP contribution in [0.4, 0.5) is 0 Å². The molecule has 0 bridgehead atoms. The standard InChI is InChI=1S/C21H23N5S/c1-11(2)15-6-7-16(22-10-15)18-17-12(3)13(4)27-19(17)26-14(5)24-25-20(26)21(23-18)8-9-21/h6-7,10-11H,8-9H2,1-5H3. The summed E-state index contributed by atoms with van der Waals surface area (Å²) in [5.41, 5.74) is 5.43. The van der Waals surface area contributed by atoms with Crippen molar-refractivity contribution >= 4 is 17.0 Å². The van der Waals surface area contributed by atoms with Crippen molar-refractivity contribution in [3.8, 4) is 5.00 Å². The predicted molar refractivity (Wildman–Crippen MR) is 108 cm³/mol. The van der Waals surface area contributed by atoms with Crippen LogP contribution in [0.2, 0.25) is 0 Å². The molecule has 6 heteroatoms. The van der Waals surface area contributed by atoms with Gasteiger partial charge in [-0.05, 0) is 56.7 Å². The van der Waals surface area contributed by atoms with E-state index in [2.05, 4.69) is 54.6 Å². The Bertz CT molecular complexity index is 1080. The molecule has 3 aromatic heterocycles. The quantitative estimate of drug-likeness (QED) is 0.655. The van der Waals surface area contributed by atoms with E-state index in [4.69, 9.17) is 9.98 Å². The summed E-state index contributed by atoms with van der Waals surface area (Å²) in [5.74, 6) is 2.38. The zero-order valence-corrected chi connectivity index (χ0v) is 17.2. The van der Waals surface area contributed by atoms with Gasteiger partial charge in [0.1, 0.15) is 16.4 Å². The zero-order chi connectivity index (χ0) is 18.9. The number of aryl methyl sites for hydroxylation is 2. The summed E-state index contributed by atoms with van der Waals surface area (Å²) in [6.07, 6.45) is 4.03. The molecular formula is C21H23N5S. The fourth-order valence-corrected chi connectivity index (χ4v) is 5.00. The molecule has 1 spiro atoms. The first-order valence-corrected chi connectivity index (χ1v) is 10.3. The van der Waals surface area contributed by atoms with Crippen LogP contribution < -0.4 is 0 Å². The van der Waals surface area contributed by atoms with E-state index in [1.807, 2.05) is 13.1 Å². The fraction of sp³-hybridized carbons (Fsp3) is 0.429. The number of hydrogen-bond acceptors (Lipinski definition) is 5. The summed E-state index contributed by atoms with van der Waals surface area (Å²) in [5, 5.41) is 10.1. The number of aromatic nitrogens is 4. The summed E-state index contributed by atoms with van der Waals surface area (Å²) < 4.78 is 2.23. The predicted octanol–water partition coefficient (Wildman–Crippen LogP) is 4.61. The van der Waals surface area contributed by atoms with E-state index in [9.17, 15) is 0 Å². The highest BCUT2D eigenvalue weighted by Gasteiger charge is 2.51. The molecule has 0 amide bonds. The van der Waals surface area contributed by atoms with Crippen LogP contribution in [0, 0.1) is 20.8 Å². The van der Waals surface area contributed by atoms with Crippen LogP contribution in [0.1, 0.15) is 71.5 Å². The van der Waals surface area contributed by atoms with Gasteiger partial charge in [0.15, 0.2) is 5.82 Å². The van der Waals surface area contributed by atoms with E-state index in [-0.39, 0.29) is 5.54 Å². The van der Waals surface area contributed by atoms with Crippen molar-refractivity contribution in [1.82, 2.24) is 19.7 Å². The van der Waals surface area contributed by atoms with E-state index < -0.39 is 0 Å². The molecule has 1 aliphatic heterocycles. The maximum absolute atomic E-state index is 5.27. The van der Waals surface area contributed by atoms with Gasteiger partial charge in [-0.25, -0.2) is 0 Å². The molecule has 0 unspecified atom stereocenters. The van der Waals surface area contributed by atoms with Crippen LogP contribution in [-0.2, 0) is 5.54 Å². The lowest BCUT2D eigenvalue weighted by Gasteiger charge is -2.11. The van der Waals surface area contributed by atoms with E-state index >= 15 is 0 Å². The molecule has 5 rings (SSSR count). The minimum Gasteiger partial charge on any atom is -0.271 e. The average Bonchev–Trinajstić information content (AvgIpc) is 3.27. The smallest absolute Gasteiger partial charge is 0.166 e. The molecule has 0 N–H and O–H groups in total. The first-order valence-electron chi connectivity index (χ1n) is 9.51. The van der Waals surface area contributed by atoms with Crippen LogP contribution in [0.3, 0.4) is 0 Å². The van der Waals surface area contributed by atoms with Gasteiger partial charge in [0.2, 0.25) is 0 Å². The minimum atomic E-state index is -0.242. The topological polar surface area (TPSA) is 56.0 Å². The molecule has 138 valence electrons. The molecule has 0 radical (unpaired) electrons. The SMILES string of the molecule is Cc1sc2c(c1C)C(c1ccc(C(C)C)cn1)=NC1(CC1)c1nnc(C)n1-2. The third-order valence-electron chi connectivity index (χ3n) is 5.79. The average molecular weight is 378 g/mol. The van der Waals surface area contributed by atoms with Crippen LogP contribution in [0.25, 0.3) is 5.00 Å². The number of aliphatic imine (C=N–C) groups is 1. The summed E-state index contributed by atoms with van der Waals surface area (Å²) in [4.78, 5) is 11.4. The molecular weight excluding hydrogens is 354 g/mol. The lowest BCUT2D eigenvalue weighted by molar-refractivity contribution is 0.661. The monoisotopic (exact) mass is 377 g/mol. The first kappa shape index (κ1) is 16.8. The van der Waals surface area contributed by atoms with E-state index in [1.54, 1.807) is 11.3 Å². The molecule has 2 aliphatic rings. The van der Waals surface area contributed by atoms with Crippen LogP contribution >= 0.6 is 11.3 Å². The Labute approximate surface area is 163 Å². The number of fused-ring (bicyclic) bond motifs is 4. The molecule has 1 fully saturated rings. The second-order valence-electron chi connectivity index (χ2n) is 7.99. The van der Waals surface area contributed by atoms with E-state index in [0.717, 1.165) is 35.9 Å². The third kappa shape index (κ3) is 2.35. The zero-order valence-electron chi connectivity index (χ0n) is 16.4. The molecule has 5 nitrogen and oxygen atoms in total. The highest BCUT2D eigenvalue weighted by atomic mass is 32.1. The second kappa shape index (κ2) is 5.58.